The second-order valence-corrected chi connectivity index (χ2v) is 4.65. The lowest BCUT2D eigenvalue weighted by molar-refractivity contribution is 0.198. The first-order valence-corrected chi connectivity index (χ1v) is 6.86. The van der Waals surface area contributed by atoms with Gasteiger partial charge >= 0.3 is 0 Å². The largest absolute Gasteiger partial charge is 0.493 e. The van der Waals surface area contributed by atoms with Crippen molar-refractivity contribution in [3.63, 3.8) is 0 Å². The maximum Gasteiger partial charge on any atom is 0.129 e. The summed E-state index contributed by atoms with van der Waals surface area (Å²) in [7, 11) is 3.75. The van der Waals surface area contributed by atoms with Crippen LogP contribution in [0.3, 0.4) is 0 Å². The van der Waals surface area contributed by atoms with Crippen molar-refractivity contribution in [2.24, 2.45) is 0 Å². The molecule has 0 radical (unpaired) electrons. The summed E-state index contributed by atoms with van der Waals surface area (Å²) >= 11 is 0. The van der Waals surface area contributed by atoms with Crippen LogP contribution in [0.15, 0.2) is 59.9 Å². The van der Waals surface area contributed by atoms with Crippen LogP contribution in [0, 0.1) is 0 Å². The van der Waals surface area contributed by atoms with Crippen LogP contribution in [0.25, 0.3) is 0 Å². The molecule has 2 aliphatic rings. The van der Waals surface area contributed by atoms with Crippen LogP contribution in [0.1, 0.15) is 25.7 Å². The van der Waals surface area contributed by atoms with Gasteiger partial charge in [-0.1, -0.05) is 37.5 Å². The molecule has 0 aromatic carbocycles. The molecule has 2 nitrogen and oxygen atoms in total. The molecule has 2 heteroatoms. The summed E-state index contributed by atoms with van der Waals surface area (Å²) < 4.78 is 5.74. The lowest BCUT2D eigenvalue weighted by atomic mass is 9.93. The van der Waals surface area contributed by atoms with Crippen LogP contribution >= 0.6 is 0 Å². The molecule has 0 saturated carbocycles. The second kappa shape index (κ2) is 8.54. The van der Waals surface area contributed by atoms with E-state index in [-0.39, 0.29) is 0 Å². The summed E-state index contributed by atoms with van der Waals surface area (Å²) in [5.74, 6) is 0.961. The molecule has 1 aliphatic carbocycles. The van der Waals surface area contributed by atoms with Crippen LogP contribution in [0.2, 0.25) is 0 Å². The summed E-state index contributed by atoms with van der Waals surface area (Å²) in [4.78, 5) is 0. The third-order valence-corrected chi connectivity index (χ3v) is 3.05. The third kappa shape index (κ3) is 4.56. The molecule has 19 heavy (non-hydrogen) atoms. The zero-order valence-corrected chi connectivity index (χ0v) is 12.2. The Morgan fingerprint density at radius 2 is 2.11 bits per heavy atom. The van der Waals surface area contributed by atoms with E-state index in [0.29, 0.717) is 0 Å². The van der Waals surface area contributed by atoms with E-state index in [1.54, 1.807) is 0 Å². The highest BCUT2D eigenvalue weighted by atomic mass is 16.5. The summed E-state index contributed by atoms with van der Waals surface area (Å²) in [6, 6.07) is 0. The van der Waals surface area contributed by atoms with Gasteiger partial charge in [0.25, 0.3) is 0 Å². The SMILES string of the molecule is C=CC1=C(C(=C)C2=CC=CCC2)OCCC1.CNC. The van der Waals surface area contributed by atoms with Crippen molar-refractivity contribution in [1.82, 2.24) is 5.32 Å². The molecule has 0 aromatic heterocycles. The monoisotopic (exact) mass is 259 g/mol. The van der Waals surface area contributed by atoms with Crippen molar-refractivity contribution >= 4 is 0 Å². The van der Waals surface area contributed by atoms with Gasteiger partial charge in [0.05, 0.1) is 6.61 Å². The van der Waals surface area contributed by atoms with E-state index in [0.717, 1.165) is 43.6 Å². The number of hydrogen-bond acceptors (Lipinski definition) is 2. The van der Waals surface area contributed by atoms with Crippen LogP contribution in [-0.2, 0) is 4.74 Å². The number of rotatable bonds is 3. The molecule has 0 unspecified atom stereocenters. The standard InChI is InChI=1S/C15H18O.C2H7N/c1-3-13-10-7-11-16-15(13)12(2)14-8-5-4-6-9-14;1-3-2/h3-5,8H,1-2,6-7,9-11H2;3H,1-2H3. The summed E-state index contributed by atoms with van der Waals surface area (Å²) in [5, 5.41) is 2.75. The number of ether oxygens (including phenoxy) is 1. The van der Waals surface area contributed by atoms with Crippen molar-refractivity contribution in [2.75, 3.05) is 20.7 Å². The average molecular weight is 259 g/mol. The zero-order valence-electron chi connectivity index (χ0n) is 12.2. The molecule has 0 fully saturated rings. The van der Waals surface area contributed by atoms with Crippen molar-refractivity contribution in [1.29, 1.82) is 0 Å². The molecule has 0 saturated heterocycles. The van der Waals surface area contributed by atoms with Gasteiger partial charge in [-0.3, -0.25) is 0 Å². The molecule has 1 aliphatic heterocycles. The van der Waals surface area contributed by atoms with E-state index in [1.165, 1.54) is 11.1 Å². The molecule has 0 spiro atoms. The fourth-order valence-corrected chi connectivity index (χ4v) is 2.12. The smallest absolute Gasteiger partial charge is 0.129 e. The topological polar surface area (TPSA) is 21.3 Å². The predicted octanol–water partition coefficient (Wildman–Crippen LogP) is 3.91. The first-order chi connectivity index (χ1) is 9.24. The summed E-state index contributed by atoms with van der Waals surface area (Å²) in [5.41, 5.74) is 3.53. The maximum atomic E-state index is 5.74. The third-order valence-electron chi connectivity index (χ3n) is 3.05. The minimum Gasteiger partial charge on any atom is -0.493 e. The average Bonchev–Trinajstić information content (AvgIpc) is 2.48. The Labute approximate surface area is 117 Å². The normalized spacial score (nSPS) is 17.9. The van der Waals surface area contributed by atoms with Crippen molar-refractivity contribution < 1.29 is 4.74 Å². The van der Waals surface area contributed by atoms with Gasteiger partial charge in [-0.15, -0.1) is 0 Å². The highest BCUT2D eigenvalue weighted by molar-refractivity contribution is 5.48. The van der Waals surface area contributed by atoms with Crippen molar-refractivity contribution in [3.8, 4) is 0 Å². The fourth-order valence-electron chi connectivity index (χ4n) is 2.12. The Bertz CT molecular complexity index is 413. The molecule has 0 bridgehead atoms. The van der Waals surface area contributed by atoms with Crippen LogP contribution in [-0.4, -0.2) is 20.7 Å². The molecule has 1 heterocycles. The van der Waals surface area contributed by atoms with Crippen molar-refractivity contribution in [3.05, 3.63) is 59.9 Å². The lowest BCUT2D eigenvalue weighted by Crippen LogP contribution is -2.09. The molecule has 2 rings (SSSR count). The van der Waals surface area contributed by atoms with E-state index in [4.69, 9.17) is 4.74 Å². The van der Waals surface area contributed by atoms with Gasteiger partial charge in [0.2, 0.25) is 0 Å². The predicted molar refractivity (Wildman–Crippen MR) is 83.0 cm³/mol. The Balaban J connectivity index is 0.000000550. The lowest BCUT2D eigenvalue weighted by Gasteiger charge is -2.23. The van der Waals surface area contributed by atoms with E-state index in [2.05, 4.69) is 36.7 Å². The van der Waals surface area contributed by atoms with Gasteiger partial charge < -0.3 is 10.1 Å². The summed E-state index contributed by atoms with van der Waals surface area (Å²) in [6.07, 6.45) is 12.6. The number of hydrogen-bond donors (Lipinski definition) is 1. The molecule has 0 atom stereocenters. The number of nitrogens with one attached hydrogen (secondary N) is 1. The minimum atomic E-state index is 0.800. The van der Waals surface area contributed by atoms with E-state index in [1.807, 2.05) is 20.2 Å². The Kier molecular flexibility index (Phi) is 6.98. The second-order valence-electron chi connectivity index (χ2n) is 4.65. The van der Waals surface area contributed by atoms with Crippen LogP contribution in [0.5, 0.6) is 0 Å². The first-order valence-electron chi connectivity index (χ1n) is 6.86. The molecule has 104 valence electrons. The Hall–Kier alpha value is -1.54. The van der Waals surface area contributed by atoms with E-state index >= 15 is 0 Å². The van der Waals surface area contributed by atoms with E-state index < -0.39 is 0 Å². The molecule has 0 amide bonds. The maximum absolute atomic E-state index is 5.74. The Morgan fingerprint density at radius 3 is 2.68 bits per heavy atom. The first kappa shape index (κ1) is 15.5. The van der Waals surface area contributed by atoms with Gasteiger partial charge in [0.15, 0.2) is 0 Å². The highest BCUT2D eigenvalue weighted by Crippen LogP contribution is 2.31. The highest BCUT2D eigenvalue weighted by Gasteiger charge is 2.17. The Morgan fingerprint density at radius 1 is 1.37 bits per heavy atom. The van der Waals surface area contributed by atoms with Crippen LogP contribution in [0.4, 0.5) is 0 Å². The number of allylic oxidation sites excluding steroid dienone is 6. The van der Waals surface area contributed by atoms with Gasteiger partial charge in [0, 0.05) is 5.57 Å². The van der Waals surface area contributed by atoms with Crippen molar-refractivity contribution in [2.45, 2.75) is 25.7 Å². The molecular weight excluding hydrogens is 234 g/mol. The quantitative estimate of drug-likeness (QED) is 0.830. The van der Waals surface area contributed by atoms with Gasteiger partial charge in [0.1, 0.15) is 5.76 Å². The molecular formula is C17H25NO. The van der Waals surface area contributed by atoms with E-state index in [9.17, 15) is 0 Å². The zero-order chi connectivity index (χ0) is 14.1. The molecule has 0 aromatic rings. The summed E-state index contributed by atoms with van der Waals surface area (Å²) in [6.45, 7) is 8.82. The molecule has 1 N–H and O–H groups in total. The minimum absolute atomic E-state index is 0.800. The fraction of sp³-hybridized carbons (Fsp3) is 0.412. The van der Waals surface area contributed by atoms with Gasteiger partial charge in [-0.25, -0.2) is 0 Å². The van der Waals surface area contributed by atoms with Gasteiger partial charge in [-0.2, -0.15) is 0 Å². The van der Waals surface area contributed by atoms with Gasteiger partial charge in [-0.05, 0) is 50.9 Å². The van der Waals surface area contributed by atoms with Crippen LogP contribution < -0.4 is 5.32 Å².